The first-order chi connectivity index (χ1) is 11.2. The summed E-state index contributed by atoms with van der Waals surface area (Å²) in [5, 5.41) is 3.03. The molecule has 2 aromatic rings. The molecule has 0 spiro atoms. The molecule has 0 bridgehead atoms. The Bertz CT molecular complexity index is 643. The fourth-order valence-corrected chi connectivity index (χ4v) is 3.87. The van der Waals surface area contributed by atoms with Crippen molar-refractivity contribution in [2.45, 2.75) is 12.6 Å². The highest BCUT2D eigenvalue weighted by molar-refractivity contribution is 7.99. The van der Waals surface area contributed by atoms with E-state index < -0.39 is 0 Å². The molecule has 1 N–H and O–H groups in total. The van der Waals surface area contributed by atoms with Gasteiger partial charge >= 0.3 is 0 Å². The average molecular weight is 330 g/mol. The average Bonchev–Trinajstić information content (AvgIpc) is 3.01. The van der Waals surface area contributed by atoms with E-state index in [9.17, 15) is 4.79 Å². The van der Waals surface area contributed by atoms with Crippen LogP contribution in [-0.4, -0.2) is 51.0 Å². The van der Waals surface area contributed by atoms with Gasteiger partial charge in [-0.15, -0.1) is 0 Å². The van der Waals surface area contributed by atoms with Gasteiger partial charge in [-0.1, -0.05) is 30.3 Å². The number of rotatable bonds is 5. The van der Waals surface area contributed by atoms with Crippen LogP contribution < -0.4 is 5.32 Å². The predicted octanol–water partition coefficient (Wildman–Crippen LogP) is 1.77. The molecule has 1 fully saturated rings. The minimum Gasteiger partial charge on any atom is -0.349 e. The molecule has 2 heterocycles. The number of aryl methyl sites for hydroxylation is 1. The Balaban J connectivity index is 1.57. The maximum Gasteiger partial charge on any atom is 0.271 e. The summed E-state index contributed by atoms with van der Waals surface area (Å²) in [6, 6.07) is 10.9. The Kier molecular flexibility index (Phi) is 5.35. The molecule has 1 aromatic heterocycles. The molecule has 0 unspecified atom stereocenters. The number of nitrogens with one attached hydrogen (secondary N) is 1. The van der Waals surface area contributed by atoms with Crippen LogP contribution in [-0.2, 0) is 13.6 Å². The number of hydrogen-bond acceptors (Lipinski definition) is 4. The molecule has 1 aliphatic rings. The summed E-state index contributed by atoms with van der Waals surface area (Å²) in [4.78, 5) is 18.7. The van der Waals surface area contributed by atoms with Crippen LogP contribution in [0, 0.1) is 0 Å². The van der Waals surface area contributed by atoms with Crippen molar-refractivity contribution in [1.82, 2.24) is 19.8 Å². The second kappa shape index (κ2) is 7.66. The van der Waals surface area contributed by atoms with Crippen molar-refractivity contribution in [3.8, 4) is 0 Å². The second-order valence-electron chi connectivity index (χ2n) is 5.82. The van der Waals surface area contributed by atoms with Crippen LogP contribution in [0.2, 0.25) is 0 Å². The van der Waals surface area contributed by atoms with Crippen molar-refractivity contribution in [3.05, 3.63) is 54.1 Å². The maximum absolute atomic E-state index is 12.2. The molecule has 23 heavy (non-hydrogen) atoms. The highest BCUT2D eigenvalue weighted by atomic mass is 32.2. The van der Waals surface area contributed by atoms with Crippen molar-refractivity contribution < 1.29 is 4.79 Å². The molecular formula is C17H22N4OS. The van der Waals surface area contributed by atoms with Crippen LogP contribution in [0.25, 0.3) is 0 Å². The van der Waals surface area contributed by atoms with Crippen LogP contribution >= 0.6 is 11.8 Å². The third-order valence-electron chi connectivity index (χ3n) is 4.01. The van der Waals surface area contributed by atoms with Crippen molar-refractivity contribution >= 4 is 17.7 Å². The van der Waals surface area contributed by atoms with Gasteiger partial charge in [-0.2, -0.15) is 11.8 Å². The van der Waals surface area contributed by atoms with Gasteiger partial charge < -0.3 is 9.88 Å². The lowest BCUT2D eigenvalue weighted by molar-refractivity contribution is 0.0931. The molecule has 122 valence electrons. The van der Waals surface area contributed by atoms with Crippen LogP contribution in [0.4, 0.5) is 0 Å². The van der Waals surface area contributed by atoms with Crippen molar-refractivity contribution in [2.75, 3.05) is 24.6 Å². The van der Waals surface area contributed by atoms with Crippen LogP contribution in [0.15, 0.2) is 42.9 Å². The first-order valence-electron chi connectivity index (χ1n) is 7.84. The number of thioether (sulfide) groups is 1. The predicted molar refractivity (Wildman–Crippen MR) is 93.5 cm³/mol. The summed E-state index contributed by atoms with van der Waals surface area (Å²) in [6.07, 6.45) is 3.39. The standard InChI is InChI=1S/C17H22N4OS/c1-20-11-16(19-13-20)17(22)18-9-15-12-23-8-7-21(15)10-14-5-3-2-4-6-14/h2-6,11,13,15H,7-10,12H2,1H3,(H,18,22)/t15-/m0/s1. The molecule has 1 amide bonds. The maximum atomic E-state index is 12.2. The van der Waals surface area contributed by atoms with Crippen LogP contribution in [0.5, 0.6) is 0 Å². The lowest BCUT2D eigenvalue weighted by Crippen LogP contribution is -2.48. The van der Waals surface area contributed by atoms with E-state index in [2.05, 4.69) is 39.5 Å². The van der Waals surface area contributed by atoms with Gasteiger partial charge in [-0.3, -0.25) is 9.69 Å². The van der Waals surface area contributed by atoms with Gasteiger partial charge in [0.05, 0.1) is 6.33 Å². The van der Waals surface area contributed by atoms with Crippen molar-refractivity contribution in [1.29, 1.82) is 0 Å². The minimum absolute atomic E-state index is 0.0964. The van der Waals surface area contributed by atoms with E-state index in [1.54, 1.807) is 17.1 Å². The minimum atomic E-state index is -0.0964. The molecule has 1 saturated heterocycles. The molecule has 1 aliphatic heterocycles. The van der Waals surface area contributed by atoms with Gasteiger partial charge in [0.25, 0.3) is 5.91 Å². The SMILES string of the molecule is Cn1cnc(C(=O)NC[C@H]2CSCCN2Cc2ccccc2)c1. The number of imidazole rings is 1. The Morgan fingerprint density at radius 3 is 2.96 bits per heavy atom. The van der Waals surface area contributed by atoms with Gasteiger partial charge in [-0.05, 0) is 5.56 Å². The Morgan fingerprint density at radius 2 is 2.22 bits per heavy atom. The van der Waals surface area contributed by atoms with Gasteiger partial charge in [0.1, 0.15) is 5.69 Å². The van der Waals surface area contributed by atoms with E-state index in [0.29, 0.717) is 18.3 Å². The zero-order chi connectivity index (χ0) is 16.1. The fraction of sp³-hybridized carbons (Fsp3) is 0.412. The zero-order valence-corrected chi connectivity index (χ0v) is 14.1. The number of hydrogen-bond donors (Lipinski definition) is 1. The summed E-state index contributed by atoms with van der Waals surface area (Å²) in [5.41, 5.74) is 1.80. The highest BCUT2D eigenvalue weighted by Gasteiger charge is 2.23. The van der Waals surface area contributed by atoms with E-state index in [4.69, 9.17) is 0 Å². The molecule has 1 atom stereocenters. The molecule has 3 rings (SSSR count). The summed E-state index contributed by atoms with van der Waals surface area (Å²) >= 11 is 1.96. The topological polar surface area (TPSA) is 50.2 Å². The molecule has 5 nitrogen and oxygen atoms in total. The number of amides is 1. The lowest BCUT2D eigenvalue weighted by Gasteiger charge is -2.35. The van der Waals surface area contributed by atoms with Crippen LogP contribution in [0.3, 0.4) is 0 Å². The van der Waals surface area contributed by atoms with E-state index in [1.165, 1.54) is 5.56 Å². The van der Waals surface area contributed by atoms with Crippen molar-refractivity contribution in [2.24, 2.45) is 7.05 Å². The molecule has 0 aliphatic carbocycles. The molecular weight excluding hydrogens is 308 g/mol. The zero-order valence-electron chi connectivity index (χ0n) is 13.3. The third-order valence-corrected chi connectivity index (χ3v) is 5.11. The normalized spacial score (nSPS) is 18.7. The Hall–Kier alpha value is -1.79. The van der Waals surface area contributed by atoms with Gasteiger partial charge in [-0.25, -0.2) is 4.98 Å². The number of nitrogens with zero attached hydrogens (tertiary/aromatic N) is 3. The van der Waals surface area contributed by atoms with Gasteiger partial charge in [0.2, 0.25) is 0 Å². The highest BCUT2D eigenvalue weighted by Crippen LogP contribution is 2.18. The number of carbonyl (C=O) groups excluding carboxylic acids is 1. The summed E-state index contributed by atoms with van der Waals surface area (Å²) in [6.45, 7) is 2.66. The van der Waals surface area contributed by atoms with E-state index in [0.717, 1.165) is 24.6 Å². The summed E-state index contributed by atoms with van der Waals surface area (Å²) < 4.78 is 1.78. The molecule has 0 radical (unpaired) electrons. The second-order valence-corrected chi connectivity index (χ2v) is 6.97. The van der Waals surface area contributed by atoms with Crippen molar-refractivity contribution in [3.63, 3.8) is 0 Å². The lowest BCUT2D eigenvalue weighted by atomic mass is 10.1. The smallest absolute Gasteiger partial charge is 0.271 e. The molecule has 1 aromatic carbocycles. The first kappa shape index (κ1) is 16.1. The van der Waals surface area contributed by atoms with Gasteiger partial charge in [0.15, 0.2) is 0 Å². The number of carbonyl (C=O) groups is 1. The Labute approximate surface area is 141 Å². The molecule has 6 heteroatoms. The summed E-state index contributed by atoms with van der Waals surface area (Å²) in [7, 11) is 1.86. The monoisotopic (exact) mass is 330 g/mol. The quantitative estimate of drug-likeness (QED) is 0.908. The van der Waals surface area contributed by atoms with E-state index in [1.807, 2.05) is 24.9 Å². The van der Waals surface area contributed by atoms with E-state index >= 15 is 0 Å². The first-order valence-corrected chi connectivity index (χ1v) is 9.00. The molecule has 0 saturated carbocycles. The van der Waals surface area contributed by atoms with E-state index in [-0.39, 0.29) is 5.91 Å². The number of aromatic nitrogens is 2. The number of benzene rings is 1. The van der Waals surface area contributed by atoms with Gasteiger partial charge in [0, 0.05) is 50.4 Å². The largest absolute Gasteiger partial charge is 0.349 e. The third kappa shape index (κ3) is 4.36. The van der Waals surface area contributed by atoms with Crippen LogP contribution in [0.1, 0.15) is 16.1 Å². The fourth-order valence-electron chi connectivity index (χ4n) is 2.73. The summed E-state index contributed by atoms with van der Waals surface area (Å²) in [5.74, 6) is 2.10. The Morgan fingerprint density at radius 1 is 1.39 bits per heavy atom.